The average Bonchev–Trinajstić information content (AvgIpc) is 2.57. The van der Waals surface area contributed by atoms with Gasteiger partial charge >= 0.3 is 0 Å². The van der Waals surface area contributed by atoms with Gasteiger partial charge in [-0.05, 0) is 26.6 Å². The van der Waals surface area contributed by atoms with Gasteiger partial charge in [0.15, 0.2) is 0 Å². The summed E-state index contributed by atoms with van der Waals surface area (Å²) in [6.45, 7) is 2.69. The largest absolute Gasteiger partial charge is 0.219 e. The molecule has 6 nitrogen and oxygen atoms in total. The Morgan fingerprint density at radius 3 is 1.39 bits per heavy atom. The molecule has 6 heteroatoms. The van der Waals surface area contributed by atoms with Crippen LogP contribution in [-0.4, -0.2) is 11.9 Å². The van der Waals surface area contributed by atoms with E-state index in [-0.39, 0.29) is 0 Å². The molecular weight excluding hydrogens is 300 g/mol. The van der Waals surface area contributed by atoms with E-state index in [0.717, 1.165) is 12.8 Å². The van der Waals surface area contributed by atoms with Gasteiger partial charge in [-0.1, -0.05) is 96.8 Å². The fourth-order valence-electron chi connectivity index (χ4n) is 2.61. The van der Waals surface area contributed by atoms with Crippen LogP contribution in [0.25, 0.3) is 0 Å². The summed E-state index contributed by atoms with van der Waals surface area (Å²) in [5.41, 5.74) is 0. The lowest BCUT2D eigenvalue weighted by Crippen LogP contribution is -1.99. The molecule has 0 fully saturated rings. The molecule has 23 heavy (non-hydrogen) atoms. The second kappa shape index (κ2) is 21.8. The van der Waals surface area contributed by atoms with Crippen LogP contribution in [-0.2, 0) is 25.0 Å². The molecule has 0 bridgehead atoms. The fourth-order valence-corrected chi connectivity index (χ4v) is 2.61. The van der Waals surface area contributed by atoms with E-state index in [9.17, 15) is 0 Å². The first-order chi connectivity index (χ1) is 11.4. The van der Waals surface area contributed by atoms with E-state index in [1.54, 1.807) is 0 Å². The highest BCUT2D eigenvalue weighted by Crippen LogP contribution is 2.13. The Bertz CT molecular complexity index is 184. The highest BCUT2D eigenvalue weighted by Gasteiger charge is 1.95. The molecule has 0 saturated heterocycles. The lowest BCUT2D eigenvalue weighted by atomic mass is 10.0. The number of rotatable bonds is 20. The first kappa shape index (κ1) is 22.8. The smallest absolute Gasteiger partial charge is 0.0855 e. The molecule has 0 aliphatic heterocycles. The third kappa shape index (κ3) is 21.8. The van der Waals surface area contributed by atoms with Crippen LogP contribution >= 0.6 is 0 Å². The molecule has 0 atom stereocenters. The van der Waals surface area contributed by atoms with Crippen molar-refractivity contribution in [1.82, 2.24) is 0 Å². The molecule has 0 spiro atoms. The molecule has 0 radical (unpaired) electrons. The zero-order valence-electron chi connectivity index (χ0n) is 14.8. The molecule has 0 aromatic rings. The molecule has 1 N–H and O–H groups in total. The van der Waals surface area contributed by atoms with Crippen molar-refractivity contribution in [3.05, 3.63) is 0 Å². The van der Waals surface area contributed by atoms with E-state index in [0.29, 0.717) is 6.61 Å². The maximum absolute atomic E-state index is 7.73. The summed E-state index contributed by atoms with van der Waals surface area (Å²) in [5, 5.41) is 22.3. The highest BCUT2D eigenvalue weighted by atomic mass is 17.8. The summed E-state index contributed by atoms with van der Waals surface area (Å²) in [4.78, 5) is 4.61. The van der Waals surface area contributed by atoms with Gasteiger partial charge in [0.05, 0.1) is 6.61 Å². The Hall–Kier alpha value is -0.240. The average molecular weight is 336 g/mol. The molecule has 0 amide bonds. The minimum atomic E-state index is 0.424. The maximum Gasteiger partial charge on any atom is 0.0855 e. The van der Waals surface area contributed by atoms with Crippen molar-refractivity contribution in [3.8, 4) is 0 Å². The van der Waals surface area contributed by atoms with Crippen LogP contribution in [0, 0.1) is 0 Å². The molecule has 0 aromatic heterocycles. The fraction of sp³-hybridized carbons (Fsp3) is 1.00. The Morgan fingerprint density at radius 2 is 0.957 bits per heavy atom. The molecule has 0 heterocycles. The van der Waals surface area contributed by atoms with Gasteiger partial charge in [-0.25, -0.2) is 10.1 Å². The van der Waals surface area contributed by atoms with Crippen LogP contribution in [0.4, 0.5) is 0 Å². The minimum absolute atomic E-state index is 0.424. The van der Waals surface area contributed by atoms with Gasteiger partial charge in [0.2, 0.25) is 0 Å². The van der Waals surface area contributed by atoms with Gasteiger partial charge < -0.3 is 0 Å². The SMILES string of the molecule is CCCCCCCCCCCCCCCCCOOOOOO. The van der Waals surface area contributed by atoms with Gasteiger partial charge in [-0.15, -0.1) is 0 Å². The second-order valence-corrected chi connectivity index (χ2v) is 6.05. The van der Waals surface area contributed by atoms with Gasteiger partial charge in [0.25, 0.3) is 0 Å². The lowest BCUT2D eigenvalue weighted by molar-refractivity contribution is -0.753. The van der Waals surface area contributed by atoms with Gasteiger partial charge in [-0.3, -0.25) is 0 Å². The standard InChI is InChI=1S/C17H36O6/c1-2-3-4-5-6-7-8-9-10-11-12-13-14-15-16-17-19-21-23-22-20-18/h18H,2-17H2,1H3. The van der Waals surface area contributed by atoms with Gasteiger partial charge in [-0.2, -0.15) is 0 Å². The zero-order valence-corrected chi connectivity index (χ0v) is 14.8. The number of hydrogen-bond acceptors (Lipinski definition) is 6. The zero-order chi connectivity index (χ0) is 16.8. The van der Waals surface area contributed by atoms with Crippen LogP contribution in [0.15, 0.2) is 0 Å². The molecule has 0 saturated carbocycles. The van der Waals surface area contributed by atoms with E-state index in [1.165, 1.54) is 83.5 Å². The molecular formula is C17H36O6. The second-order valence-electron chi connectivity index (χ2n) is 6.05. The Labute approximate surface area is 141 Å². The minimum Gasteiger partial charge on any atom is -0.219 e. The number of hydrogen-bond donors (Lipinski definition) is 1. The predicted octanol–water partition coefficient (Wildman–Crippen LogP) is 6.07. The van der Waals surface area contributed by atoms with Gasteiger partial charge in [0, 0.05) is 0 Å². The topological polar surface area (TPSA) is 66.4 Å². The summed E-state index contributed by atoms with van der Waals surface area (Å²) in [6.07, 6.45) is 19.9. The van der Waals surface area contributed by atoms with E-state index >= 15 is 0 Å². The van der Waals surface area contributed by atoms with Crippen molar-refractivity contribution in [2.24, 2.45) is 0 Å². The van der Waals surface area contributed by atoms with Gasteiger partial charge in [0.1, 0.15) is 0 Å². The predicted molar refractivity (Wildman–Crippen MR) is 87.8 cm³/mol. The molecule has 0 unspecified atom stereocenters. The van der Waals surface area contributed by atoms with Crippen molar-refractivity contribution < 1.29 is 30.3 Å². The van der Waals surface area contributed by atoms with E-state index in [2.05, 4.69) is 32.0 Å². The highest BCUT2D eigenvalue weighted by molar-refractivity contribution is 4.49. The van der Waals surface area contributed by atoms with Crippen molar-refractivity contribution in [2.75, 3.05) is 6.61 Å². The molecule has 0 rings (SSSR count). The summed E-state index contributed by atoms with van der Waals surface area (Å²) in [6, 6.07) is 0. The van der Waals surface area contributed by atoms with Crippen LogP contribution in [0.3, 0.4) is 0 Å². The van der Waals surface area contributed by atoms with Crippen LogP contribution in [0.1, 0.15) is 103 Å². The third-order valence-electron chi connectivity index (χ3n) is 3.97. The summed E-state index contributed by atoms with van der Waals surface area (Å²) in [5.74, 6) is 0. The Balaban J connectivity index is 2.92. The third-order valence-corrected chi connectivity index (χ3v) is 3.97. The van der Waals surface area contributed by atoms with Crippen molar-refractivity contribution in [1.29, 1.82) is 0 Å². The normalized spacial score (nSPS) is 11.2. The van der Waals surface area contributed by atoms with Crippen molar-refractivity contribution in [3.63, 3.8) is 0 Å². The number of unbranched alkanes of at least 4 members (excludes halogenated alkanes) is 14. The maximum atomic E-state index is 7.73. The van der Waals surface area contributed by atoms with Crippen LogP contribution in [0.5, 0.6) is 0 Å². The summed E-state index contributed by atoms with van der Waals surface area (Å²) < 4.78 is 0. The Morgan fingerprint density at radius 1 is 0.522 bits per heavy atom. The molecule has 0 aromatic carbocycles. The first-order valence-electron chi connectivity index (χ1n) is 9.35. The van der Waals surface area contributed by atoms with E-state index < -0.39 is 0 Å². The quantitative estimate of drug-likeness (QED) is 0.165. The van der Waals surface area contributed by atoms with E-state index in [1.807, 2.05) is 0 Å². The monoisotopic (exact) mass is 336 g/mol. The lowest BCUT2D eigenvalue weighted by Gasteiger charge is -2.03. The molecule has 140 valence electrons. The molecule has 0 aliphatic rings. The van der Waals surface area contributed by atoms with Crippen LogP contribution < -0.4 is 0 Å². The van der Waals surface area contributed by atoms with Crippen LogP contribution in [0.2, 0.25) is 0 Å². The molecule has 0 aliphatic carbocycles. The van der Waals surface area contributed by atoms with Crippen molar-refractivity contribution in [2.45, 2.75) is 103 Å². The summed E-state index contributed by atoms with van der Waals surface area (Å²) >= 11 is 0. The van der Waals surface area contributed by atoms with E-state index in [4.69, 9.17) is 5.26 Å². The summed E-state index contributed by atoms with van der Waals surface area (Å²) in [7, 11) is 0. The Kier molecular flexibility index (Phi) is 21.5. The van der Waals surface area contributed by atoms with Crippen molar-refractivity contribution >= 4 is 0 Å². The first-order valence-corrected chi connectivity index (χ1v) is 9.35.